The molecule has 2 aliphatic rings. The average molecular weight is 383 g/mol. The molecule has 0 unspecified atom stereocenters. The zero-order valence-electron chi connectivity index (χ0n) is 17.5. The predicted octanol–water partition coefficient (Wildman–Crippen LogP) is 2.65. The van der Waals surface area contributed by atoms with Crippen LogP contribution in [-0.4, -0.2) is 46.5 Å². The Kier molecular flexibility index (Phi) is 4.96. The van der Waals surface area contributed by atoms with Crippen molar-refractivity contribution >= 4 is 17.5 Å². The van der Waals surface area contributed by atoms with E-state index in [-0.39, 0.29) is 46.0 Å². The topological polar surface area (TPSA) is 78.5 Å². The first kappa shape index (κ1) is 20.3. The van der Waals surface area contributed by atoms with Crippen LogP contribution in [0, 0.1) is 0 Å². The summed E-state index contributed by atoms with van der Waals surface area (Å²) in [5, 5.41) is 6.97. The smallest absolute Gasteiger partial charge is 0.223 e. The van der Waals surface area contributed by atoms with Gasteiger partial charge in [-0.25, -0.2) is 0 Å². The quantitative estimate of drug-likeness (QED) is 0.839. The predicted molar refractivity (Wildman–Crippen MR) is 108 cm³/mol. The molecule has 6 nitrogen and oxygen atoms in total. The number of likely N-dealkylation sites (N-methyl/N-ethyl adjacent to an activating group) is 1. The van der Waals surface area contributed by atoms with Crippen molar-refractivity contribution in [2.24, 2.45) is 0 Å². The summed E-state index contributed by atoms with van der Waals surface area (Å²) >= 11 is 0. The second kappa shape index (κ2) is 6.85. The molecular formula is C22H29N3O3. The number of amides is 1. The van der Waals surface area contributed by atoms with E-state index >= 15 is 0 Å². The van der Waals surface area contributed by atoms with Gasteiger partial charge in [0.15, 0.2) is 0 Å². The van der Waals surface area contributed by atoms with Crippen LogP contribution in [0.4, 0.5) is 0 Å². The molecule has 1 aromatic carbocycles. The molecule has 6 heteroatoms. The molecule has 0 atom stereocenters. The molecule has 2 N–H and O–H groups in total. The molecule has 1 aromatic rings. The van der Waals surface area contributed by atoms with E-state index < -0.39 is 0 Å². The van der Waals surface area contributed by atoms with Gasteiger partial charge in [0.1, 0.15) is 11.4 Å². The van der Waals surface area contributed by atoms with E-state index in [0.717, 1.165) is 12.8 Å². The molecule has 0 saturated carbocycles. The van der Waals surface area contributed by atoms with Crippen LogP contribution in [0.3, 0.4) is 0 Å². The van der Waals surface area contributed by atoms with Gasteiger partial charge in [-0.05, 0) is 40.5 Å². The van der Waals surface area contributed by atoms with Gasteiger partial charge < -0.3 is 15.5 Å². The number of Topliss-reactive ketones (excluding diaryl/α,β-unsaturated/α-hetero) is 2. The Morgan fingerprint density at radius 3 is 2.04 bits per heavy atom. The number of fused-ring (bicyclic) bond motifs is 1. The molecule has 0 spiro atoms. The Morgan fingerprint density at radius 1 is 1.04 bits per heavy atom. The molecule has 28 heavy (non-hydrogen) atoms. The third-order valence-electron chi connectivity index (χ3n) is 5.44. The van der Waals surface area contributed by atoms with Crippen molar-refractivity contribution in [2.45, 2.75) is 64.6 Å². The van der Waals surface area contributed by atoms with Crippen molar-refractivity contribution < 1.29 is 14.4 Å². The normalized spacial score (nSPS) is 21.4. The van der Waals surface area contributed by atoms with E-state index in [4.69, 9.17) is 0 Å². The maximum Gasteiger partial charge on any atom is 0.223 e. The fraction of sp³-hybridized carbons (Fsp3) is 0.500. The molecule has 1 aliphatic heterocycles. The summed E-state index contributed by atoms with van der Waals surface area (Å²) in [5.41, 5.74) is 0.832. The van der Waals surface area contributed by atoms with Crippen molar-refractivity contribution in [2.75, 3.05) is 7.05 Å². The van der Waals surface area contributed by atoms with Gasteiger partial charge in [0, 0.05) is 42.2 Å². The van der Waals surface area contributed by atoms with Crippen molar-refractivity contribution in [1.82, 2.24) is 15.5 Å². The van der Waals surface area contributed by atoms with Crippen LogP contribution in [0.5, 0.6) is 0 Å². The van der Waals surface area contributed by atoms with Crippen LogP contribution in [0.1, 0.15) is 68.2 Å². The highest BCUT2D eigenvalue weighted by molar-refractivity contribution is 6.27. The van der Waals surface area contributed by atoms with Crippen molar-refractivity contribution in [3.05, 3.63) is 46.8 Å². The maximum absolute atomic E-state index is 13.3. The SMILES string of the molecule is CC(=O)N(C)C1=C(NC2CC(C)(C)NC(C)(C)C2)C(=O)c2ccccc2C1=O. The molecule has 1 amide bonds. The zero-order valence-corrected chi connectivity index (χ0v) is 17.5. The fourth-order valence-corrected chi connectivity index (χ4v) is 4.60. The minimum atomic E-state index is -0.303. The van der Waals surface area contributed by atoms with E-state index in [1.54, 1.807) is 24.3 Å². The average Bonchev–Trinajstić information content (AvgIpc) is 2.56. The van der Waals surface area contributed by atoms with E-state index in [9.17, 15) is 14.4 Å². The second-order valence-electron chi connectivity index (χ2n) is 9.15. The summed E-state index contributed by atoms with van der Waals surface area (Å²) in [7, 11) is 1.54. The minimum Gasteiger partial charge on any atom is -0.377 e. The Morgan fingerprint density at radius 2 is 1.54 bits per heavy atom. The highest BCUT2D eigenvalue weighted by Crippen LogP contribution is 2.32. The van der Waals surface area contributed by atoms with Crippen molar-refractivity contribution in [3.63, 3.8) is 0 Å². The van der Waals surface area contributed by atoms with Gasteiger partial charge in [0.2, 0.25) is 17.5 Å². The summed E-state index contributed by atoms with van der Waals surface area (Å²) in [6, 6.07) is 6.78. The number of ketones is 2. The lowest BCUT2D eigenvalue weighted by Crippen LogP contribution is -2.62. The Hall–Kier alpha value is -2.47. The summed E-state index contributed by atoms with van der Waals surface area (Å²) in [6.45, 7) is 9.90. The molecule has 1 aliphatic carbocycles. The van der Waals surface area contributed by atoms with Gasteiger partial charge in [-0.15, -0.1) is 0 Å². The van der Waals surface area contributed by atoms with E-state index in [1.807, 2.05) is 0 Å². The lowest BCUT2D eigenvalue weighted by atomic mass is 9.79. The summed E-state index contributed by atoms with van der Waals surface area (Å²) in [6.07, 6.45) is 1.58. The second-order valence-corrected chi connectivity index (χ2v) is 9.15. The third-order valence-corrected chi connectivity index (χ3v) is 5.44. The first-order valence-corrected chi connectivity index (χ1v) is 9.65. The molecule has 0 bridgehead atoms. The van der Waals surface area contributed by atoms with Gasteiger partial charge in [-0.1, -0.05) is 24.3 Å². The molecule has 3 rings (SSSR count). The zero-order chi connectivity index (χ0) is 20.9. The van der Waals surface area contributed by atoms with E-state index in [2.05, 4.69) is 38.3 Å². The standard InChI is InChI=1S/C22H29N3O3/c1-13(26)25(6)18-17(19(27)15-9-7-8-10-16(15)20(18)28)23-14-11-21(2,3)24-22(4,5)12-14/h7-10,14,23-24H,11-12H2,1-6H3. The molecule has 1 saturated heterocycles. The van der Waals surface area contributed by atoms with Crippen molar-refractivity contribution in [1.29, 1.82) is 0 Å². The number of nitrogens with zero attached hydrogens (tertiary/aromatic N) is 1. The van der Waals surface area contributed by atoms with Crippen LogP contribution in [0.25, 0.3) is 0 Å². The molecule has 0 aromatic heterocycles. The highest BCUT2D eigenvalue weighted by atomic mass is 16.2. The number of allylic oxidation sites excluding steroid dienone is 2. The number of benzene rings is 1. The van der Waals surface area contributed by atoms with Crippen LogP contribution in [-0.2, 0) is 4.79 Å². The largest absolute Gasteiger partial charge is 0.377 e. The lowest BCUT2D eigenvalue weighted by Gasteiger charge is -2.47. The van der Waals surface area contributed by atoms with Crippen LogP contribution in [0.15, 0.2) is 35.7 Å². The molecule has 0 radical (unpaired) electrons. The third kappa shape index (κ3) is 3.74. The van der Waals surface area contributed by atoms with Crippen LogP contribution < -0.4 is 10.6 Å². The Bertz CT molecular complexity index is 867. The van der Waals surface area contributed by atoms with E-state index in [1.165, 1.54) is 18.9 Å². The molecule has 1 heterocycles. The van der Waals surface area contributed by atoms with Gasteiger partial charge >= 0.3 is 0 Å². The van der Waals surface area contributed by atoms with Crippen LogP contribution in [0.2, 0.25) is 0 Å². The maximum atomic E-state index is 13.3. The number of hydrogen-bond donors (Lipinski definition) is 2. The highest BCUT2D eigenvalue weighted by Gasteiger charge is 2.41. The van der Waals surface area contributed by atoms with Gasteiger partial charge in [-0.2, -0.15) is 0 Å². The number of rotatable bonds is 3. The van der Waals surface area contributed by atoms with Crippen LogP contribution >= 0.6 is 0 Å². The molecule has 150 valence electrons. The van der Waals surface area contributed by atoms with Gasteiger partial charge in [0.25, 0.3) is 0 Å². The van der Waals surface area contributed by atoms with E-state index in [0.29, 0.717) is 11.1 Å². The first-order valence-electron chi connectivity index (χ1n) is 9.65. The van der Waals surface area contributed by atoms with Crippen molar-refractivity contribution in [3.8, 4) is 0 Å². The summed E-state index contributed by atoms with van der Waals surface area (Å²) in [5.74, 6) is -0.837. The number of piperidine rings is 1. The number of nitrogens with one attached hydrogen (secondary N) is 2. The molecular weight excluding hydrogens is 354 g/mol. The number of carbonyl (C=O) groups excluding carboxylic acids is 3. The number of hydrogen-bond acceptors (Lipinski definition) is 5. The summed E-state index contributed by atoms with van der Waals surface area (Å²) in [4.78, 5) is 39.7. The molecule has 1 fully saturated rings. The lowest BCUT2D eigenvalue weighted by molar-refractivity contribution is -0.125. The van der Waals surface area contributed by atoms with Gasteiger partial charge in [-0.3, -0.25) is 14.4 Å². The number of carbonyl (C=O) groups is 3. The minimum absolute atomic E-state index is 0.00128. The Labute approximate surface area is 166 Å². The van der Waals surface area contributed by atoms with Gasteiger partial charge in [0.05, 0.1) is 0 Å². The summed E-state index contributed by atoms with van der Waals surface area (Å²) < 4.78 is 0. The monoisotopic (exact) mass is 383 g/mol. The first-order chi connectivity index (χ1) is 12.9. The fourth-order valence-electron chi connectivity index (χ4n) is 4.60. The Balaban J connectivity index is 2.06.